The summed E-state index contributed by atoms with van der Waals surface area (Å²) in [6.45, 7) is 9.30. The van der Waals surface area contributed by atoms with Gasteiger partial charge in [0.05, 0.1) is 6.54 Å². The lowest BCUT2D eigenvalue weighted by Crippen LogP contribution is -2.57. The molecular weight excluding hydrogens is 308 g/mol. The Morgan fingerprint density at radius 2 is 1.83 bits per heavy atom. The van der Waals surface area contributed by atoms with Gasteiger partial charge in [-0.1, -0.05) is 20.8 Å². The highest BCUT2D eigenvalue weighted by Gasteiger charge is 2.35. The number of rotatable bonds is 10. The highest BCUT2D eigenvalue weighted by molar-refractivity contribution is 5.74. The average molecular weight is 342 g/mol. The van der Waals surface area contributed by atoms with Gasteiger partial charge in [-0.2, -0.15) is 0 Å². The number of nitrogens with one attached hydrogen (secondary N) is 1. The fourth-order valence-corrected chi connectivity index (χ4v) is 2.98. The normalized spacial score (nSPS) is 20.3. The van der Waals surface area contributed by atoms with Gasteiger partial charge in [0.15, 0.2) is 0 Å². The molecule has 7 nitrogen and oxygen atoms in total. The minimum atomic E-state index is -0.795. The quantitative estimate of drug-likeness (QED) is 0.623. The van der Waals surface area contributed by atoms with Crippen molar-refractivity contribution in [2.45, 2.75) is 45.7 Å². The summed E-state index contributed by atoms with van der Waals surface area (Å²) < 4.78 is 0. The number of aliphatic carboxylic acids is 1. The van der Waals surface area contributed by atoms with Gasteiger partial charge in [0.1, 0.15) is 0 Å². The molecule has 1 aliphatic carbocycles. The van der Waals surface area contributed by atoms with Crippen molar-refractivity contribution in [2.75, 3.05) is 46.8 Å². The van der Waals surface area contributed by atoms with Crippen LogP contribution in [0, 0.1) is 5.92 Å². The van der Waals surface area contributed by atoms with Crippen molar-refractivity contribution in [3.05, 3.63) is 0 Å². The molecule has 2 N–H and O–H groups in total. The highest BCUT2D eigenvalue weighted by Crippen LogP contribution is 2.25. The molecule has 0 spiro atoms. The molecule has 140 valence electrons. The van der Waals surface area contributed by atoms with Crippen LogP contribution in [0.25, 0.3) is 0 Å². The zero-order chi connectivity index (χ0) is 18.3. The third kappa shape index (κ3) is 7.05. The van der Waals surface area contributed by atoms with Gasteiger partial charge in [-0.25, -0.2) is 4.79 Å². The second-order valence-corrected chi connectivity index (χ2v) is 7.37. The molecule has 24 heavy (non-hydrogen) atoms. The number of amides is 2. The number of carboxylic acid groups (broad SMARTS) is 1. The lowest BCUT2D eigenvalue weighted by Gasteiger charge is -2.43. The fourth-order valence-electron chi connectivity index (χ4n) is 2.98. The summed E-state index contributed by atoms with van der Waals surface area (Å²) in [5, 5.41) is 12.0. The van der Waals surface area contributed by atoms with Gasteiger partial charge >= 0.3 is 12.0 Å². The van der Waals surface area contributed by atoms with Crippen LogP contribution >= 0.6 is 0 Å². The first-order valence-electron chi connectivity index (χ1n) is 8.88. The van der Waals surface area contributed by atoms with E-state index in [-0.39, 0.29) is 24.7 Å². The van der Waals surface area contributed by atoms with E-state index in [1.807, 2.05) is 30.8 Å². The van der Waals surface area contributed by atoms with Crippen molar-refractivity contribution < 1.29 is 14.7 Å². The van der Waals surface area contributed by atoms with E-state index < -0.39 is 5.97 Å². The minimum Gasteiger partial charge on any atom is -0.480 e. The molecule has 0 aromatic rings. The minimum absolute atomic E-state index is 0.00437. The van der Waals surface area contributed by atoms with Crippen LogP contribution in [0.5, 0.6) is 0 Å². The predicted molar refractivity (Wildman–Crippen MR) is 95.2 cm³/mol. The van der Waals surface area contributed by atoms with Crippen molar-refractivity contribution in [3.8, 4) is 0 Å². The van der Waals surface area contributed by atoms with Crippen LogP contribution in [0.1, 0.15) is 33.6 Å². The lowest BCUT2D eigenvalue weighted by atomic mass is 9.85. The Bertz CT molecular complexity index is 409. The number of urea groups is 1. The fraction of sp³-hybridized carbons (Fsp3) is 0.882. The largest absolute Gasteiger partial charge is 0.480 e. The molecule has 2 amide bonds. The number of hydrogen-bond donors (Lipinski definition) is 2. The molecule has 1 aliphatic rings. The molecule has 0 saturated heterocycles. The van der Waals surface area contributed by atoms with Crippen molar-refractivity contribution in [1.82, 2.24) is 20.0 Å². The smallest absolute Gasteiger partial charge is 0.317 e. The molecule has 0 atom stereocenters. The average Bonchev–Trinajstić information content (AvgIpc) is 2.43. The number of carbonyl (C=O) groups is 2. The van der Waals surface area contributed by atoms with E-state index in [1.165, 1.54) is 0 Å². The van der Waals surface area contributed by atoms with Crippen molar-refractivity contribution in [2.24, 2.45) is 5.92 Å². The maximum absolute atomic E-state index is 12.5. The molecule has 0 bridgehead atoms. The Labute approximate surface area is 146 Å². The molecule has 0 aliphatic heterocycles. The Kier molecular flexibility index (Phi) is 8.48. The summed E-state index contributed by atoms with van der Waals surface area (Å²) in [7, 11) is 4.01. The van der Waals surface area contributed by atoms with Crippen LogP contribution in [-0.4, -0.2) is 90.7 Å². The second kappa shape index (κ2) is 9.84. The summed E-state index contributed by atoms with van der Waals surface area (Å²) >= 11 is 0. The van der Waals surface area contributed by atoms with E-state index in [2.05, 4.69) is 24.1 Å². The SMILES string of the molecule is CCN(CC(=O)O)C1CC(NC(=O)N(CCN(C)C)CC(C)C)C1. The van der Waals surface area contributed by atoms with Crippen molar-refractivity contribution >= 4 is 12.0 Å². The highest BCUT2D eigenvalue weighted by atomic mass is 16.4. The molecule has 0 radical (unpaired) electrons. The molecule has 1 fully saturated rings. The molecule has 1 rings (SSSR count). The molecular formula is C17H34N4O3. The summed E-state index contributed by atoms with van der Waals surface area (Å²) in [4.78, 5) is 29.3. The summed E-state index contributed by atoms with van der Waals surface area (Å²) in [5.41, 5.74) is 0. The standard InChI is InChI=1S/C17H34N4O3/c1-6-20(12-16(22)23)15-9-14(10-15)18-17(24)21(11-13(2)3)8-7-19(4)5/h13-15H,6-12H2,1-5H3,(H,18,24)(H,22,23). The summed E-state index contributed by atoms with van der Waals surface area (Å²) in [6, 6.07) is 0.409. The topological polar surface area (TPSA) is 76.1 Å². The van der Waals surface area contributed by atoms with Crippen LogP contribution in [-0.2, 0) is 4.79 Å². The van der Waals surface area contributed by atoms with Gasteiger partial charge in [0.25, 0.3) is 0 Å². The first-order valence-corrected chi connectivity index (χ1v) is 8.88. The third-order valence-electron chi connectivity index (χ3n) is 4.39. The van der Waals surface area contributed by atoms with E-state index >= 15 is 0 Å². The number of hydrogen-bond acceptors (Lipinski definition) is 4. The molecule has 0 unspecified atom stereocenters. The van der Waals surface area contributed by atoms with Gasteiger partial charge in [0, 0.05) is 31.7 Å². The van der Waals surface area contributed by atoms with E-state index in [4.69, 9.17) is 5.11 Å². The third-order valence-corrected chi connectivity index (χ3v) is 4.39. The maximum Gasteiger partial charge on any atom is 0.317 e. The molecule has 0 aromatic carbocycles. The number of likely N-dealkylation sites (N-methyl/N-ethyl adjacent to an activating group) is 2. The second-order valence-electron chi connectivity index (χ2n) is 7.37. The van der Waals surface area contributed by atoms with Crippen LogP contribution in [0.4, 0.5) is 4.79 Å². The van der Waals surface area contributed by atoms with Crippen molar-refractivity contribution in [1.29, 1.82) is 0 Å². The van der Waals surface area contributed by atoms with E-state index in [0.717, 1.165) is 32.5 Å². The van der Waals surface area contributed by atoms with Gasteiger partial charge in [0.2, 0.25) is 0 Å². The number of nitrogens with zero attached hydrogens (tertiary/aromatic N) is 3. The Hall–Kier alpha value is -1.34. The Balaban J connectivity index is 2.44. The van der Waals surface area contributed by atoms with Crippen LogP contribution < -0.4 is 5.32 Å². The van der Waals surface area contributed by atoms with Crippen LogP contribution in [0.2, 0.25) is 0 Å². The van der Waals surface area contributed by atoms with Crippen LogP contribution in [0.15, 0.2) is 0 Å². The summed E-state index contributed by atoms with van der Waals surface area (Å²) in [5.74, 6) is -0.366. The zero-order valence-corrected chi connectivity index (χ0v) is 15.8. The monoisotopic (exact) mass is 342 g/mol. The first kappa shape index (κ1) is 20.7. The summed E-state index contributed by atoms with van der Waals surface area (Å²) in [6.07, 6.45) is 1.66. The van der Waals surface area contributed by atoms with Gasteiger partial charge < -0.3 is 20.2 Å². The number of carbonyl (C=O) groups excluding carboxylic acids is 1. The van der Waals surface area contributed by atoms with Gasteiger partial charge in [-0.3, -0.25) is 9.69 Å². The Morgan fingerprint density at radius 1 is 1.21 bits per heavy atom. The number of carboxylic acids is 1. The first-order chi connectivity index (χ1) is 11.2. The molecule has 7 heteroatoms. The van der Waals surface area contributed by atoms with Crippen LogP contribution in [0.3, 0.4) is 0 Å². The lowest BCUT2D eigenvalue weighted by molar-refractivity contribution is -0.139. The van der Waals surface area contributed by atoms with Gasteiger partial charge in [-0.15, -0.1) is 0 Å². The van der Waals surface area contributed by atoms with E-state index in [0.29, 0.717) is 12.5 Å². The van der Waals surface area contributed by atoms with Crippen molar-refractivity contribution in [3.63, 3.8) is 0 Å². The zero-order valence-electron chi connectivity index (χ0n) is 15.8. The van der Waals surface area contributed by atoms with E-state index in [9.17, 15) is 9.59 Å². The van der Waals surface area contributed by atoms with Gasteiger partial charge in [-0.05, 0) is 39.4 Å². The molecule has 1 saturated carbocycles. The Morgan fingerprint density at radius 3 is 2.29 bits per heavy atom. The maximum atomic E-state index is 12.5. The van der Waals surface area contributed by atoms with E-state index in [1.54, 1.807) is 0 Å². The molecule has 0 heterocycles. The molecule has 0 aromatic heterocycles. The predicted octanol–water partition coefficient (Wildman–Crippen LogP) is 1.15.